The van der Waals surface area contributed by atoms with Crippen molar-refractivity contribution in [1.82, 2.24) is 25.0 Å². The maximum Gasteiger partial charge on any atom is 0.500 e. The van der Waals surface area contributed by atoms with Gasteiger partial charge in [0, 0.05) is 44.8 Å². The maximum absolute atomic E-state index is 5.93. The van der Waals surface area contributed by atoms with E-state index in [0.29, 0.717) is 33.0 Å². The molecule has 0 amide bonds. The van der Waals surface area contributed by atoms with Crippen molar-refractivity contribution in [2.75, 3.05) is 19.8 Å². The molecule has 3 aromatic rings. The summed E-state index contributed by atoms with van der Waals surface area (Å²) in [5.74, 6) is 0. The average molecular weight is 514 g/mol. The van der Waals surface area contributed by atoms with Gasteiger partial charge in [0.25, 0.3) is 0 Å². The molecule has 0 aromatic carbocycles. The molecule has 0 saturated carbocycles. The third-order valence-corrected chi connectivity index (χ3v) is 8.72. The molecular formula is C26H39N5O4Si. The average Bonchev–Trinajstić information content (AvgIpc) is 3.32. The van der Waals surface area contributed by atoms with Gasteiger partial charge in [0.15, 0.2) is 0 Å². The number of pyridine rings is 2. The van der Waals surface area contributed by atoms with Crippen LogP contribution in [0.4, 0.5) is 0 Å². The van der Waals surface area contributed by atoms with E-state index in [1.54, 1.807) is 12.4 Å². The quantitative estimate of drug-likeness (QED) is 0.184. The summed E-state index contributed by atoms with van der Waals surface area (Å²) in [6.07, 6.45) is 8.60. The van der Waals surface area contributed by atoms with Crippen molar-refractivity contribution in [2.24, 2.45) is 0 Å². The SMILES string of the molecule is CCO[Si](CCCCCn1cc(COCc2ccnc(-c3cc(C)ccn3)c2)nn1)(OCC)OCC. The van der Waals surface area contributed by atoms with Gasteiger partial charge in [0.1, 0.15) is 5.69 Å². The predicted molar refractivity (Wildman–Crippen MR) is 140 cm³/mol. The maximum atomic E-state index is 5.93. The van der Waals surface area contributed by atoms with E-state index in [-0.39, 0.29) is 0 Å². The first-order valence-corrected chi connectivity index (χ1v) is 14.8. The van der Waals surface area contributed by atoms with E-state index < -0.39 is 8.80 Å². The van der Waals surface area contributed by atoms with E-state index in [0.717, 1.165) is 60.1 Å². The number of ether oxygens (including phenoxy) is 1. The molecule has 0 N–H and O–H groups in total. The molecule has 0 aliphatic rings. The van der Waals surface area contributed by atoms with Crippen molar-refractivity contribution >= 4 is 8.80 Å². The van der Waals surface area contributed by atoms with Gasteiger partial charge in [-0.25, -0.2) is 0 Å². The molecule has 0 radical (unpaired) electrons. The van der Waals surface area contributed by atoms with Crippen molar-refractivity contribution in [3.05, 3.63) is 59.7 Å². The van der Waals surface area contributed by atoms with Gasteiger partial charge in [-0.3, -0.25) is 14.6 Å². The Hall–Kier alpha value is -2.50. The summed E-state index contributed by atoms with van der Waals surface area (Å²) >= 11 is 0. The molecule has 0 spiro atoms. The lowest BCUT2D eigenvalue weighted by Crippen LogP contribution is -2.45. The summed E-state index contributed by atoms with van der Waals surface area (Å²) in [4.78, 5) is 8.85. The number of aromatic nitrogens is 5. The molecule has 36 heavy (non-hydrogen) atoms. The highest BCUT2D eigenvalue weighted by Gasteiger charge is 2.39. The molecule has 0 aliphatic carbocycles. The van der Waals surface area contributed by atoms with Crippen LogP contribution < -0.4 is 0 Å². The molecule has 0 atom stereocenters. The fourth-order valence-corrected chi connectivity index (χ4v) is 6.65. The molecule has 3 heterocycles. The largest absolute Gasteiger partial charge is 0.500 e. The summed E-state index contributed by atoms with van der Waals surface area (Å²) in [6, 6.07) is 8.81. The van der Waals surface area contributed by atoms with Crippen LogP contribution in [-0.4, -0.2) is 53.6 Å². The fraction of sp³-hybridized carbons (Fsp3) is 0.538. The van der Waals surface area contributed by atoms with E-state index in [1.165, 1.54) is 0 Å². The molecule has 0 fully saturated rings. The van der Waals surface area contributed by atoms with Gasteiger partial charge in [-0.15, -0.1) is 5.10 Å². The number of rotatable bonds is 17. The molecule has 0 bridgehead atoms. The smallest absolute Gasteiger partial charge is 0.374 e. The summed E-state index contributed by atoms with van der Waals surface area (Å²) < 4.78 is 25.5. The van der Waals surface area contributed by atoms with E-state index in [2.05, 4.69) is 20.3 Å². The van der Waals surface area contributed by atoms with Crippen LogP contribution in [0.5, 0.6) is 0 Å². The number of hydrogen-bond donors (Lipinski definition) is 0. The lowest BCUT2D eigenvalue weighted by atomic mass is 10.1. The van der Waals surface area contributed by atoms with Crippen LogP contribution in [-0.2, 0) is 37.8 Å². The van der Waals surface area contributed by atoms with Gasteiger partial charge in [-0.2, -0.15) is 0 Å². The Morgan fingerprint density at radius 1 is 0.833 bits per heavy atom. The monoisotopic (exact) mass is 513 g/mol. The summed E-state index contributed by atoms with van der Waals surface area (Å²) in [7, 11) is -2.55. The molecule has 10 heteroatoms. The molecule has 9 nitrogen and oxygen atoms in total. The van der Waals surface area contributed by atoms with Crippen LogP contribution in [0, 0.1) is 6.92 Å². The lowest BCUT2D eigenvalue weighted by molar-refractivity contribution is 0.0706. The minimum Gasteiger partial charge on any atom is -0.374 e. The standard InChI is InChI=1S/C26H39N5O4Si/c1-5-33-36(34-6-2,35-7-3)16-10-8-9-15-31-19-24(29-30-31)21-32-20-23-12-14-28-26(18-23)25-17-22(4)11-13-27-25/h11-14,17-19H,5-10,15-16,20-21H2,1-4H3. The lowest BCUT2D eigenvalue weighted by Gasteiger charge is -2.28. The zero-order valence-corrected chi connectivity index (χ0v) is 23.0. The predicted octanol–water partition coefficient (Wildman–Crippen LogP) is 4.98. The Kier molecular flexibility index (Phi) is 11.6. The molecule has 0 saturated heterocycles. The Morgan fingerprint density at radius 2 is 1.53 bits per heavy atom. The summed E-state index contributed by atoms with van der Waals surface area (Å²) in [5, 5.41) is 8.49. The first-order valence-electron chi connectivity index (χ1n) is 12.8. The molecule has 0 unspecified atom stereocenters. The van der Waals surface area contributed by atoms with Crippen molar-refractivity contribution in [3.8, 4) is 11.4 Å². The normalized spacial score (nSPS) is 11.8. The first-order chi connectivity index (χ1) is 17.6. The van der Waals surface area contributed by atoms with Crippen molar-refractivity contribution in [2.45, 2.75) is 72.8 Å². The minimum atomic E-state index is -2.55. The van der Waals surface area contributed by atoms with Crippen molar-refractivity contribution in [3.63, 3.8) is 0 Å². The first kappa shape index (κ1) is 28.1. The van der Waals surface area contributed by atoms with Crippen LogP contribution in [0.2, 0.25) is 6.04 Å². The van der Waals surface area contributed by atoms with E-state index >= 15 is 0 Å². The van der Waals surface area contributed by atoms with Crippen LogP contribution >= 0.6 is 0 Å². The second-order valence-corrected chi connectivity index (χ2v) is 11.3. The molecule has 3 aromatic heterocycles. The number of aryl methyl sites for hydroxylation is 2. The Balaban J connectivity index is 1.39. The van der Waals surface area contributed by atoms with Crippen molar-refractivity contribution in [1.29, 1.82) is 0 Å². The summed E-state index contributed by atoms with van der Waals surface area (Å²) in [5.41, 5.74) is 4.72. The fourth-order valence-electron chi connectivity index (χ4n) is 3.96. The minimum absolute atomic E-state index is 0.408. The van der Waals surface area contributed by atoms with E-state index in [4.69, 9.17) is 18.0 Å². The Bertz CT molecular complexity index is 1030. The second-order valence-electron chi connectivity index (χ2n) is 8.53. The van der Waals surface area contributed by atoms with Gasteiger partial charge < -0.3 is 18.0 Å². The Morgan fingerprint density at radius 3 is 2.22 bits per heavy atom. The van der Waals surface area contributed by atoms with Gasteiger partial charge in [0.05, 0.1) is 30.8 Å². The van der Waals surface area contributed by atoms with E-state index in [1.807, 2.05) is 62.8 Å². The highest BCUT2D eigenvalue weighted by Crippen LogP contribution is 2.20. The van der Waals surface area contributed by atoms with Crippen LogP contribution in [0.25, 0.3) is 11.4 Å². The second kappa shape index (κ2) is 14.9. The molecular weight excluding hydrogens is 474 g/mol. The van der Waals surface area contributed by atoms with Gasteiger partial charge in [-0.05, 0) is 75.9 Å². The van der Waals surface area contributed by atoms with Gasteiger partial charge >= 0.3 is 8.80 Å². The zero-order valence-electron chi connectivity index (χ0n) is 22.0. The van der Waals surface area contributed by atoms with Crippen LogP contribution in [0.3, 0.4) is 0 Å². The third-order valence-electron chi connectivity index (χ3n) is 5.57. The Labute approximate surface area is 215 Å². The number of nitrogens with zero attached hydrogens (tertiary/aromatic N) is 5. The van der Waals surface area contributed by atoms with Gasteiger partial charge in [0.2, 0.25) is 0 Å². The molecule has 196 valence electrons. The highest BCUT2D eigenvalue weighted by molar-refractivity contribution is 6.60. The zero-order chi connectivity index (χ0) is 25.6. The highest BCUT2D eigenvalue weighted by atomic mass is 28.4. The van der Waals surface area contributed by atoms with Crippen molar-refractivity contribution < 1.29 is 18.0 Å². The summed E-state index contributed by atoms with van der Waals surface area (Å²) in [6.45, 7) is 11.6. The molecule has 0 aliphatic heterocycles. The third kappa shape index (κ3) is 8.86. The van der Waals surface area contributed by atoms with Crippen LogP contribution in [0.1, 0.15) is 56.9 Å². The number of unbranched alkanes of at least 4 members (excludes halogenated alkanes) is 2. The van der Waals surface area contributed by atoms with E-state index in [9.17, 15) is 0 Å². The molecule has 3 rings (SSSR count). The van der Waals surface area contributed by atoms with Gasteiger partial charge in [-0.1, -0.05) is 11.6 Å². The van der Waals surface area contributed by atoms with Crippen LogP contribution in [0.15, 0.2) is 42.9 Å². The topological polar surface area (TPSA) is 93.4 Å². The number of hydrogen-bond acceptors (Lipinski definition) is 8.